The molecule has 0 saturated heterocycles. The molecule has 4 nitrogen and oxygen atoms in total. The zero-order chi connectivity index (χ0) is 21.7. The molecule has 0 heterocycles. The van der Waals surface area contributed by atoms with Crippen molar-refractivity contribution in [1.82, 2.24) is 10.2 Å². The molecule has 2 aromatic carbocycles. The lowest BCUT2D eigenvalue weighted by atomic mass is 10.0. The summed E-state index contributed by atoms with van der Waals surface area (Å²) in [6.45, 7) is 5.78. The summed E-state index contributed by atoms with van der Waals surface area (Å²) in [6, 6.07) is 11.9. The topological polar surface area (TPSA) is 49.4 Å². The highest BCUT2D eigenvalue weighted by Gasteiger charge is 2.29. The van der Waals surface area contributed by atoms with Crippen molar-refractivity contribution in [3.63, 3.8) is 0 Å². The van der Waals surface area contributed by atoms with Gasteiger partial charge in [-0.1, -0.05) is 60.4 Å². The SMILES string of the molecule is Cc1cc(C)cc(CC(=O)N(Cc2ccccc2F)C(C)C(=O)NC2CCCC2)c1. The minimum absolute atomic E-state index is 0.0650. The number of hydrogen-bond donors (Lipinski definition) is 1. The molecule has 1 fully saturated rings. The summed E-state index contributed by atoms with van der Waals surface area (Å²) in [6.07, 6.45) is 4.36. The number of nitrogens with zero attached hydrogens (tertiary/aromatic N) is 1. The van der Waals surface area contributed by atoms with E-state index in [1.807, 2.05) is 26.0 Å². The molecule has 160 valence electrons. The van der Waals surface area contributed by atoms with Crippen LogP contribution in [-0.2, 0) is 22.6 Å². The first-order chi connectivity index (χ1) is 14.3. The molecule has 2 amide bonds. The molecule has 3 rings (SSSR count). The maximum absolute atomic E-state index is 14.3. The Bertz CT molecular complexity index is 886. The molecule has 1 saturated carbocycles. The van der Waals surface area contributed by atoms with E-state index in [1.165, 1.54) is 11.0 Å². The van der Waals surface area contributed by atoms with E-state index < -0.39 is 6.04 Å². The van der Waals surface area contributed by atoms with Crippen molar-refractivity contribution in [2.75, 3.05) is 0 Å². The molecule has 30 heavy (non-hydrogen) atoms. The highest BCUT2D eigenvalue weighted by molar-refractivity contribution is 5.88. The average molecular weight is 411 g/mol. The normalized spacial score (nSPS) is 15.1. The predicted octanol–water partition coefficient (Wildman–Crippen LogP) is 4.46. The van der Waals surface area contributed by atoms with E-state index in [0.717, 1.165) is 42.4 Å². The molecular formula is C25H31FN2O2. The summed E-state index contributed by atoms with van der Waals surface area (Å²) >= 11 is 0. The van der Waals surface area contributed by atoms with Crippen LogP contribution >= 0.6 is 0 Å². The number of benzene rings is 2. The van der Waals surface area contributed by atoms with Gasteiger partial charge in [-0.3, -0.25) is 9.59 Å². The fourth-order valence-corrected chi connectivity index (χ4v) is 4.23. The van der Waals surface area contributed by atoms with Gasteiger partial charge in [0.15, 0.2) is 0 Å². The van der Waals surface area contributed by atoms with Gasteiger partial charge in [-0.05, 0) is 45.2 Å². The second kappa shape index (κ2) is 9.88. The lowest BCUT2D eigenvalue weighted by molar-refractivity contribution is -0.140. The molecule has 2 aromatic rings. The van der Waals surface area contributed by atoms with Gasteiger partial charge in [0.2, 0.25) is 11.8 Å². The minimum Gasteiger partial charge on any atom is -0.352 e. The van der Waals surface area contributed by atoms with Crippen molar-refractivity contribution in [2.24, 2.45) is 0 Å². The number of rotatable bonds is 7. The lowest BCUT2D eigenvalue weighted by Crippen LogP contribution is -2.50. The molecule has 0 aromatic heterocycles. The Balaban J connectivity index is 1.80. The van der Waals surface area contributed by atoms with E-state index in [1.54, 1.807) is 25.1 Å². The monoisotopic (exact) mass is 410 g/mol. The number of hydrogen-bond acceptors (Lipinski definition) is 2. The minimum atomic E-state index is -0.677. The van der Waals surface area contributed by atoms with Crippen LogP contribution in [0.5, 0.6) is 0 Å². The standard InChI is InChI=1S/C25H31FN2O2/c1-17-12-18(2)14-20(13-17)15-24(29)28(16-21-8-4-7-11-23(21)26)19(3)25(30)27-22-9-5-6-10-22/h4,7-8,11-14,19,22H,5-6,9-10,15-16H2,1-3H3,(H,27,30). The van der Waals surface area contributed by atoms with Crippen LogP contribution in [0.1, 0.15) is 54.9 Å². The maximum atomic E-state index is 14.3. The molecule has 1 aliphatic carbocycles. The molecule has 1 aliphatic rings. The van der Waals surface area contributed by atoms with E-state index in [2.05, 4.69) is 11.4 Å². The van der Waals surface area contributed by atoms with Crippen LogP contribution in [0.25, 0.3) is 0 Å². The molecule has 0 spiro atoms. The molecule has 0 radical (unpaired) electrons. The highest BCUT2D eigenvalue weighted by atomic mass is 19.1. The van der Waals surface area contributed by atoms with Crippen molar-refractivity contribution in [1.29, 1.82) is 0 Å². The number of halogens is 1. The quantitative estimate of drug-likeness (QED) is 0.733. The Morgan fingerprint density at radius 2 is 1.73 bits per heavy atom. The van der Waals surface area contributed by atoms with Crippen LogP contribution in [0.15, 0.2) is 42.5 Å². The Labute approximate surface area is 178 Å². The van der Waals surface area contributed by atoms with Crippen LogP contribution in [0.4, 0.5) is 4.39 Å². The summed E-state index contributed by atoms with van der Waals surface area (Å²) in [5.41, 5.74) is 3.49. The summed E-state index contributed by atoms with van der Waals surface area (Å²) in [7, 11) is 0. The molecule has 1 atom stereocenters. The van der Waals surface area contributed by atoms with Gasteiger partial charge in [-0.25, -0.2) is 4.39 Å². The Kier molecular flexibility index (Phi) is 7.24. The number of nitrogens with one attached hydrogen (secondary N) is 1. The van der Waals surface area contributed by atoms with Gasteiger partial charge in [0.25, 0.3) is 0 Å². The molecule has 5 heteroatoms. The Morgan fingerprint density at radius 1 is 1.10 bits per heavy atom. The Hall–Kier alpha value is -2.69. The van der Waals surface area contributed by atoms with E-state index in [-0.39, 0.29) is 36.6 Å². The van der Waals surface area contributed by atoms with E-state index in [4.69, 9.17) is 0 Å². The first kappa shape index (κ1) is 22.0. The molecule has 1 unspecified atom stereocenters. The lowest BCUT2D eigenvalue weighted by Gasteiger charge is -2.30. The van der Waals surface area contributed by atoms with E-state index in [9.17, 15) is 14.0 Å². The van der Waals surface area contributed by atoms with Gasteiger partial charge in [0, 0.05) is 18.2 Å². The molecule has 0 aliphatic heterocycles. The number of aryl methyl sites for hydroxylation is 2. The van der Waals surface area contributed by atoms with Crippen molar-refractivity contribution in [2.45, 2.75) is 71.5 Å². The third-order valence-electron chi connectivity index (χ3n) is 5.80. The zero-order valence-electron chi connectivity index (χ0n) is 18.1. The summed E-state index contributed by atoms with van der Waals surface area (Å²) in [5, 5.41) is 3.07. The van der Waals surface area contributed by atoms with Crippen LogP contribution in [-0.4, -0.2) is 28.8 Å². The van der Waals surface area contributed by atoms with Crippen LogP contribution in [0.2, 0.25) is 0 Å². The van der Waals surface area contributed by atoms with Gasteiger partial charge < -0.3 is 10.2 Å². The van der Waals surface area contributed by atoms with E-state index >= 15 is 0 Å². The average Bonchev–Trinajstić information content (AvgIpc) is 3.19. The van der Waals surface area contributed by atoms with Gasteiger partial charge in [0.05, 0.1) is 6.42 Å². The van der Waals surface area contributed by atoms with Crippen LogP contribution in [0, 0.1) is 19.7 Å². The number of carbonyl (C=O) groups excluding carboxylic acids is 2. The summed E-state index contributed by atoms with van der Waals surface area (Å²) in [4.78, 5) is 27.6. The molecule has 0 bridgehead atoms. The largest absolute Gasteiger partial charge is 0.352 e. The van der Waals surface area contributed by atoms with Gasteiger partial charge in [-0.2, -0.15) is 0 Å². The van der Waals surface area contributed by atoms with Crippen LogP contribution < -0.4 is 5.32 Å². The Morgan fingerprint density at radius 3 is 2.37 bits per heavy atom. The third-order valence-corrected chi connectivity index (χ3v) is 5.80. The van der Waals surface area contributed by atoms with Crippen LogP contribution in [0.3, 0.4) is 0 Å². The van der Waals surface area contributed by atoms with Crippen molar-refractivity contribution in [3.05, 3.63) is 70.5 Å². The summed E-state index contributed by atoms with van der Waals surface area (Å²) in [5.74, 6) is -0.727. The number of carbonyl (C=O) groups is 2. The first-order valence-corrected chi connectivity index (χ1v) is 10.7. The fraction of sp³-hybridized carbons (Fsp3) is 0.440. The first-order valence-electron chi connectivity index (χ1n) is 10.7. The molecule has 1 N–H and O–H groups in total. The zero-order valence-corrected chi connectivity index (χ0v) is 18.1. The van der Waals surface area contributed by atoms with Crippen molar-refractivity contribution >= 4 is 11.8 Å². The third kappa shape index (κ3) is 5.68. The number of amides is 2. The predicted molar refractivity (Wildman–Crippen MR) is 116 cm³/mol. The smallest absolute Gasteiger partial charge is 0.242 e. The molecular weight excluding hydrogens is 379 g/mol. The van der Waals surface area contributed by atoms with E-state index in [0.29, 0.717) is 5.56 Å². The highest BCUT2D eigenvalue weighted by Crippen LogP contribution is 2.20. The van der Waals surface area contributed by atoms with Gasteiger partial charge in [-0.15, -0.1) is 0 Å². The van der Waals surface area contributed by atoms with Gasteiger partial charge in [0.1, 0.15) is 11.9 Å². The second-order valence-electron chi connectivity index (χ2n) is 8.45. The summed E-state index contributed by atoms with van der Waals surface area (Å²) < 4.78 is 14.3. The van der Waals surface area contributed by atoms with Gasteiger partial charge >= 0.3 is 0 Å². The fourth-order valence-electron chi connectivity index (χ4n) is 4.23. The van der Waals surface area contributed by atoms with Crippen molar-refractivity contribution in [3.8, 4) is 0 Å². The second-order valence-corrected chi connectivity index (χ2v) is 8.45. The van der Waals surface area contributed by atoms with Crippen molar-refractivity contribution < 1.29 is 14.0 Å². The maximum Gasteiger partial charge on any atom is 0.242 e.